The third-order valence-corrected chi connectivity index (χ3v) is 7.56. The number of benzene rings is 3. The molecule has 4 aromatic rings. The number of hydrogen-bond acceptors (Lipinski definition) is 6. The van der Waals surface area contributed by atoms with Gasteiger partial charge in [-0.15, -0.1) is 0 Å². The molecule has 3 aromatic carbocycles. The van der Waals surface area contributed by atoms with Crippen LogP contribution in [0.15, 0.2) is 72.8 Å². The van der Waals surface area contributed by atoms with Crippen LogP contribution < -0.4 is 19.9 Å². The van der Waals surface area contributed by atoms with E-state index in [9.17, 15) is 4.79 Å². The fraction of sp³-hybridized carbons (Fsp3) is 0.290. The molecule has 2 aliphatic heterocycles. The molecule has 1 N–H and O–H groups in total. The highest BCUT2D eigenvalue weighted by Gasteiger charge is 2.28. The van der Waals surface area contributed by atoms with Crippen LogP contribution in [0.2, 0.25) is 0 Å². The molecule has 6 rings (SSSR count). The summed E-state index contributed by atoms with van der Waals surface area (Å²) in [6.45, 7) is 6.67. The molecule has 0 atom stereocenters. The van der Waals surface area contributed by atoms with Gasteiger partial charge >= 0.3 is 0 Å². The summed E-state index contributed by atoms with van der Waals surface area (Å²) in [6, 6.07) is 24.7. The van der Waals surface area contributed by atoms with E-state index in [0.29, 0.717) is 6.54 Å². The van der Waals surface area contributed by atoms with Crippen LogP contribution in [0.4, 0.5) is 22.9 Å². The fourth-order valence-electron chi connectivity index (χ4n) is 5.64. The lowest BCUT2D eigenvalue weighted by Gasteiger charge is -2.36. The lowest BCUT2D eigenvalue weighted by Crippen LogP contribution is -2.48. The number of ether oxygens (including phenoxy) is 1. The number of fused-ring (bicyclic) bond motifs is 2. The van der Waals surface area contributed by atoms with E-state index in [2.05, 4.69) is 63.3 Å². The van der Waals surface area contributed by atoms with Crippen LogP contribution in [0.25, 0.3) is 10.9 Å². The number of para-hydroxylation sites is 3. The van der Waals surface area contributed by atoms with Crippen LogP contribution in [0.5, 0.6) is 5.75 Å². The molecule has 0 aliphatic carbocycles. The largest absolute Gasteiger partial charge is 0.495 e. The van der Waals surface area contributed by atoms with Crippen molar-refractivity contribution >= 4 is 39.7 Å². The molecule has 1 saturated heterocycles. The second-order valence-electron chi connectivity index (χ2n) is 10.0. The van der Waals surface area contributed by atoms with Gasteiger partial charge in [0.25, 0.3) is 0 Å². The lowest BCUT2D eigenvalue weighted by atomic mass is 10.1. The Morgan fingerprint density at radius 2 is 1.74 bits per heavy atom. The number of nitrogens with zero attached hydrogens (tertiary/aromatic N) is 4. The minimum Gasteiger partial charge on any atom is -0.495 e. The zero-order chi connectivity index (χ0) is 26.1. The molecule has 0 bridgehead atoms. The first-order chi connectivity index (χ1) is 18.6. The van der Waals surface area contributed by atoms with Crippen molar-refractivity contribution in [3.8, 4) is 5.75 Å². The van der Waals surface area contributed by atoms with Crippen LogP contribution in [0.3, 0.4) is 0 Å². The number of amides is 1. The van der Waals surface area contributed by atoms with E-state index in [0.717, 1.165) is 84.2 Å². The van der Waals surface area contributed by atoms with Gasteiger partial charge in [-0.1, -0.05) is 42.5 Å². The summed E-state index contributed by atoms with van der Waals surface area (Å²) in [6.07, 6.45) is 0.842. The lowest BCUT2D eigenvalue weighted by molar-refractivity contribution is -0.117. The van der Waals surface area contributed by atoms with Crippen molar-refractivity contribution < 1.29 is 9.53 Å². The molecule has 38 heavy (non-hydrogen) atoms. The van der Waals surface area contributed by atoms with Crippen LogP contribution in [-0.2, 0) is 11.2 Å². The van der Waals surface area contributed by atoms with Gasteiger partial charge in [0.15, 0.2) is 0 Å². The highest BCUT2D eigenvalue weighted by molar-refractivity contribution is 6.05. The maximum absolute atomic E-state index is 13.4. The smallest absolute Gasteiger partial charge is 0.238 e. The molecule has 1 aromatic heterocycles. The van der Waals surface area contributed by atoms with Gasteiger partial charge in [-0.05, 0) is 49.2 Å². The Morgan fingerprint density at radius 1 is 0.947 bits per heavy atom. The summed E-state index contributed by atoms with van der Waals surface area (Å²) in [5.41, 5.74) is 6.37. The summed E-state index contributed by atoms with van der Waals surface area (Å²) in [5, 5.41) is 4.29. The number of rotatable bonds is 6. The Morgan fingerprint density at radius 3 is 2.55 bits per heavy atom. The Balaban J connectivity index is 1.20. The van der Waals surface area contributed by atoms with E-state index in [4.69, 9.17) is 9.72 Å². The molecule has 1 fully saturated rings. The summed E-state index contributed by atoms with van der Waals surface area (Å²) < 4.78 is 5.54. The van der Waals surface area contributed by atoms with E-state index < -0.39 is 0 Å². The number of methoxy groups -OCH3 is 1. The Labute approximate surface area is 223 Å². The van der Waals surface area contributed by atoms with Gasteiger partial charge < -0.3 is 19.9 Å². The van der Waals surface area contributed by atoms with Crippen molar-refractivity contribution in [3.63, 3.8) is 0 Å². The van der Waals surface area contributed by atoms with Crippen molar-refractivity contribution in [1.29, 1.82) is 0 Å². The van der Waals surface area contributed by atoms with Gasteiger partial charge in [-0.25, -0.2) is 4.98 Å². The molecule has 3 heterocycles. The highest BCUT2D eigenvalue weighted by Crippen LogP contribution is 2.41. The molecule has 0 unspecified atom stereocenters. The molecule has 0 saturated carbocycles. The van der Waals surface area contributed by atoms with Crippen LogP contribution >= 0.6 is 0 Å². The van der Waals surface area contributed by atoms with E-state index in [-0.39, 0.29) is 5.91 Å². The second kappa shape index (κ2) is 10.3. The quantitative estimate of drug-likeness (QED) is 0.396. The summed E-state index contributed by atoms with van der Waals surface area (Å²) in [7, 11) is 1.71. The number of carbonyl (C=O) groups is 1. The first kappa shape index (κ1) is 24.2. The van der Waals surface area contributed by atoms with Gasteiger partial charge in [-0.2, -0.15) is 0 Å². The second-order valence-corrected chi connectivity index (χ2v) is 10.0. The number of anilines is 4. The number of aryl methyl sites for hydroxylation is 1. The molecule has 1 amide bonds. The zero-order valence-corrected chi connectivity index (χ0v) is 22.0. The molecule has 7 heteroatoms. The molecule has 2 aliphatic rings. The topological polar surface area (TPSA) is 60.9 Å². The highest BCUT2D eigenvalue weighted by atomic mass is 16.5. The van der Waals surface area contributed by atoms with Crippen molar-refractivity contribution in [2.45, 2.75) is 13.3 Å². The Bertz CT molecular complexity index is 1480. The molecule has 0 spiro atoms. The Kier molecular flexibility index (Phi) is 6.60. The first-order valence-electron chi connectivity index (χ1n) is 13.3. The third kappa shape index (κ3) is 4.65. The first-order valence-corrected chi connectivity index (χ1v) is 13.3. The Hall–Kier alpha value is -4.10. The molecule has 0 radical (unpaired) electrons. The van der Waals surface area contributed by atoms with Crippen molar-refractivity contribution in [2.24, 2.45) is 0 Å². The number of aromatic nitrogens is 1. The normalized spacial score (nSPS) is 15.5. The fourth-order valence-corrected chi connectivity index (χ4v) is 5.64. The average molecular weight is 508 g/mol. The molecule has 7 nitrogen and oxygen atoms in total. The predicted octanol–water partition coefficient (Wildman–Crippen LogP) is 5.01. The van der Waals surface area contributed by atoms with Crippen LogP contribution in [-0.4, -0.2) is 62.2 Å². The number of pyridine rings is 1. The predicted molar refractivity (Wildman–Crippen MR) is 154 cm³/mol. The number of nitrogens with one attached hydrogen (secondary N) is 1. The summed E-state index contributed by atoms with van der Waals surface area (Å²) in [4.78, 5) is 25.2. The van der Waals surface area contributed by atoms with Crippen molar-refractivity contribution in [3.05, 3.63) is 83.9 Å². The monoisotopic (exact) mass is 507 g/mol. The zero-order valence-electron chi connectivity index (χ0n) is 22.0. The van der Waals surface area contributed by atoms with Gasteiger partial charge in [0, 0.05) is 49.4 Å². The summed E-state index contributed by atoms with van der Waals surface area (Å²) >= 11 is 0. The van der Waals surface area contributed by atoms with E-state index >= 15 is 0 Å². The van der Waals surface area contributed by atoms with Gasteiger partial charge in [-0.3, -0.25) is 9.69 Å². The van der Waals surface area contributed by atoms with Crippen molar-refractivity contribution in [1.82, 2.24) is 9.88 Å². The summed E-state index contributed by atoms with van der Waals surface area (Å²) in [5.74, 6) is 1.84. The molecular formula is C31H33N5O2. The molecule has 194 valence electrons. The van der Waals surface area contributed by atoms with E-state index in [1.54, 1.807) is 7.11 Å². The average Bonchev–Trinajstić information content (AvgIpc) is 3.37. The SMILES string of the molecule is COc1ccccc1N1CCN(CC(=O)Nc2c3c(nc4ccccc24)N(c2cccc(C)c2)CC3)CC1. The van der Waals surface area contributed by atoms with Crippen LogP contribution in [0, 0.1) is 6.92 Å². The third-order valence-electron chi connectivity index (χ3n) is 7.56. The molecular weight excluding hydrogens is 474 g/mol. The van der Waals surface area contributed by atoms with Gasteiger partial charge in [0.1, 0.15) is 11.6 Å². The maximum atomic E-state index is 13.4. The van der Waals surface area contributed by atoms with Gasteiger partial charge in [0.05, 0.1) is 30.5 Å². The van der Waals surface area contributed by atoms with E-state index in [1.165, 1.54) is 5.56 Å². The minimum atomic E-state index is 0.0169. The standard InChI is InChI=1S/C31H33N5O2/c1-22-8-7-9-23(20-22)36-15-14-25-30(24-10-3-4-11-26(24)32-31(25)36)33-29(37)21-34-16-18-35(19-17-34)27-12-5-6-13-28(27)38-2/h3-13,20H,14-19,21H2,1-2H3,(H,32,33,37). The number of piperazine rings is 1. The number of hydrogen-bond donors (Lipinski definition) is 1. The van der Waals surface area contributed by atoms with E-state index in [1.807, 2.05) is 36.4 Å². The minimum absolute atomic E-state index is 0.0169. The van der Waals surface area contributed by atoms with Crippen LogP contribution in [0.1, 0.15) is 11.1 Å². The van der Waals surface area contributed by atoms with Crippen molar-refractivity contribution in [2.75, 3.05) is 61.5 Å². The maximum Gasteiger partial charge on any atom is 0.238 e. The van der Waals surface area contributed by atoms with Gasteiger partial charge in [0.2, 0.25) is 5.91 Å². The number of carbonyl (C=O) groups excluding carboxylic acids is 1.